The summed E-state index contributed by atoms with van der Waals surface area (Å²) < 4.78 is 12.8. The largest absolute Gasteiger partial charge is 0.333 e. The fourth-order valence-electron chi connectivity index (χ4n) is 1.95. The monoisotopic (exact) mass is 272 g/mol. The second-order valence-electron chi connectivity index (χ2n) is 4.43. The molecule has 0 amide bonds. The van der Waals surface area contributed by atoms with E-state index in [2.05, 4.69) is 23.0 Å². The number of benzene rings is 2. The van der Waals surface area contributed by atoms with Gasteiger partial charge in [-0.05, 0) is 36.2 Å². The first-order valence-electron chi connectivity index (χ1n) is 6.05. The number of thioether (sulfide) groups is 1. The number of halogens is 1. The van der Waals surface area contributed by atoms with Crippen LogP contribution in [0.1, 0.15) is 11.1 Å². The van der Waals surface area contributed by atoms with E-state index in [0.29, 0.717) is 0 Å². The molecule has 1 aromatic heterocycles. The number of aromatic amines is 1. The predicted octanol–water partition coefficient (Wildman–Crippen LogP) is 4.30. The molecule has 2 aromatic carbocycles. The Balaban J connectivity index is 1.78. The first kappa shape index (κ1) is 12.2. The minimum absolute atomic E-state index is 0.201. The Bertz CT molecular complexity index is 704. The topological polar surface area (TPSA) is 28.7 Å². The van der Waals surface area contributed by atoms with Gasteiger partial charge in [-0.15, -0.1) is 0 Å². The summed E-state index contributed by atoms with van der Waals surface area (Å²) in [5.74, 6) is 0.576. The molecule has 1 heterocycles. The first-order chi connectivity index (χ1) is 9.22. The maximum atomic E-state index is 12.8. The highest BCUT2D eigenvalue weighted by molar-refractivity contribution is 7.98. The average Bonchev–Trinajstić information content (AvgIpc) is 2.83. The summed E-state index contributed by atoms with van der Waals surface area (Å²) in [4.78, 5) is 7.87. The fourth-order valence-corrected chi connectivity index (χ4v) is 2.79. The van der Waals surface area contributed by atoms with Crippen molar-refractivity contribution in [3.05, 3.63) is 59.4 Å². The number of aromatic nitrogens is 2. The Hall–Kier alpha value is -1.81. The van der Waals surface area contributed by atoms with Crippen molar-refractivity contribution in [2.75, 3.05) is 0 Å². The summed E-state index contributed by atoms with van der Waals surface area (Å²) in [6.07, 6.45) is 0. The van der Waals surface area contributed by atoms with Gasteiger partial charge in [0, 0.05) is 5.75 Å². The Kier molecular flexibility index (Phi) is 3.25. The highest BCUT2D eigenvalue weighted by atomic mass is 32.2. The van der Waals surface area contributed by atoms with Gasteiger partial charge in [-0.2, -0.15) is 0 Å². The molecule has 0 spiro atoms. The van der Waals surface area contributed by atoms with Crippen molar-refractivity contribution in [1.29, 1.82) is 0 Å². The van der Waals surface area contributed by atoms with Gasteiger partial charge in [-0.1, -0.05) is 36.0 Å². The van der Waals surface area contributed by atoms with Gasteiger partial charge in [0.15, 0.2) is 5.16 Å². The molecule has 0 saturated heterocycles. The SMILES string of the molecule is Cc1cccc2[nH]c(SCc3ccc(F)cc3)nc12. The smallest absolute Gasteiger partial charge is 0.166 e. The van der Waals surface area contributed by atoms with Crippen LogP contribution in [0, 0.1) is 12.7 Å². The molecule has 0 unspecified atom stereocenters. The molecule has 0 aliphatic heterocycles. The molecule has 0 atom stereocenters. The maximum Gasteiger partial charge on any atom is 0.166 e. The molecule has 3 aromatic rings. The van der Waals surface area contributed by atoms with Gasteiger partial charge in [0.25, 0.3) is 0 Å². The molecule has 96 valence electrons. The van der Waals surface area contributed by atoms with Crippen molar-refractivity contribution < 1.29 is 4.39 Å². The lowest BCUT2D eigenvalue weighted by Gasteiger charge is -1.98. The number of hydrogen-bond acceptors (Lipinski definition) is 2. The fraction of sp³-hybridized carbons (Fsp3) is 0.133. The number of hydrogen-bond donors (Lipinski definition) is 1. The summed E-state index contributed by atoms with van der Waals surface area (Å²) in [6, 6.07) is 12.7. The molecule has 1 N–H and O–H groups in total. The molecular weight excluding hydrogens is 259 g/mol. The second kappa shape index (κ2) is 5.05. The lowest BCUT2D eigenvalue weighted by molar-refractivity contribution is 0.627. The number of rotatable bonds is 3. The van der Waals surface area contributed by atoms with E-state index in [1.165, 1.54) is 17.7 Å². The van der Waals surface area contributed by atoms with Crippen molar-refractivity contribution in [2.45, 2.75) is 17.8 Å². The second-order valence-corrected chi connectivity index (χ2v) is 5.39. The molecule has 0 aliphatic rings. The molecule has 0 saturated carbocycles. The normalized spacial score (nSPS) is 11.1. The Morgan fingerprint density at radius 1 is 1.16 bits per heavy atom. The highest BCUT2D eigenvalue weighted by Gasteiger charge is 2.05. The van der Waals surface area contributed by atoms with Crippen molar-refractivity contribution in [3.63, 3.8) is 0 Å². The van der Waals surface area contributed by atoms with E-state index >= 15 is 0 Å². The number of nitrogens with zero attached hydrogens (tertiary/aromatic N) is 1. The molecule has 3 rings (SSSR count). The molecule has 19 heavy (non-hydrogen) atoms. The van der Waals surface area contributed by atoms with E-state index in [4.69, 9.17) is 0 Å². The van der Waals surface area contributed by atoms with Crippen LogP contribution in [0.5, 0.6) is 0 Å². The van der Waals surface area contributed by atoms with Crippen LogP contribution in [0.15, 0.2) is 47.6 Å². The average molecular weight is 272 g/mol. The predicted molar refractivity (Wildman–Crippen MR) is 76.8 cm³/mol. The molecule has 4 heteroatoms. The van der Waals surface area contributed by atoms with Gasteiger partial charge >= 0.3 is 0 Å². The standard InChI is InChI=1S/C15H13FN2S/c1-10-3-2-4-13-14(10)18-15(17-13)19-9-11-5-7-12(16)8-6-11/h2-8H,9H2,1H3,(H,17,18). The van der Waals surface area contributed by atoms with Crippen LogP contribution in [0.4, 0.5) is 4.39 Å². The molecule has 0 bridgehead atoms. The van der Waals surface area contributed by atoms with Crippen molar-refractivity contribution in [1.82, 2.24) is 9.97 Å². The van der Waals surface area contributed by atoms with Crippen LogP contribution in [-0.2, 0) is 5.75 Å². The molecule has 0 radical (unpaired) electrons. The lowest BCUT2D eigenvalue weighted by Crippen LogP contribution is -1.82. The summed E-state index contributed by atoms with van der Waals surface area (Å²) in [6.45, 7) is 2.05. The number of para-hydroxylation sites is 1. The zero-order valence-electron chi connectivity index (χ0n) is 10.5. The Morgan fingerprint density at radius 2 is 1.95 bits per heavy atom. The van der Waals surface area contributed by atoms with E-state index in [1.54, 1.807) is 23.9 Å². The molecule has 0 fully saturated rings. The van der Waals surface area contributed by atoms with Crippen LogP contribution in [0.2, 0.25) is 0 Å². The quantitative estimate of drug-likeness (QED) is 0.720. The van der Waals surface area contributed by atoms with E-state index < -0.39 is 0 Å². The third kappa shape index (κ3) is 2.63. The number of H-pyrrole nitrogens is 1. The summed E-state index contributed by atoms with van der Waals surface area (Å²) in [5.41, 5.74) is 4.33. The Labute approximate surface area is 115 Å². The van der Waals surface area contributed by atoms with Gasteiger partial charge < -0.3 is 4.98 Å². The zero-order valence-corrected chi connectivity index (χ0v) is 11.3. The summed E-state index contributed by atoms with van der Waals surface area (Å²) >= 11 is 1.62. The summed E-state index contributed by atoms with van der Waals surface area (Å²) in [7, 11) is 0. The van der Waals surface area contributed by atoms with Crippen LogP contribution >= 0.6 is 11.8 Å². The number of nitrogens with one attached hydrogen (secondary N) is 1. The van der Waals surface area contributed by atoms with Crippen molar-refractivity contribution in [2.24, 2.45) is 0 Å². The third-order valence-corrected chi connectivity index (χ3v) is 3.93. The number of aryl methyl sites for hydroxylation is 1. The van der Waals surface area contributed by atoms with E-state index in [-0.39, 0.29) is 5.82 Å². The summed E-state index contributed by atoms with van der Waals surface area (Å²) in [5, 5.41) is 0.897. The zero-order chi connectivity index (χ0) is 13.2. The van der Waals surface area contributed by atoms with Crippen molar-refractivity contribution in [3.8, 4) is 0 Å². The number of imidazole rings is 1. The highest BCUT2D eigenvalue weighted by Crippen LogP contribution is 2.24. The molecule has 2 nitrogen and oxygen atoms in total. The van der Waals surface area contributed by atoms with Crippen molar-refractivity contribution >= 4 is 22.8 Å². The lowest BCUT2D eigenvalue weighted by atomic mass is 10.2. The molecular formula is C15H13FN2S. The minimum Gasteiger partial charge on any atom is -0.333 e. The van der Waals surface area contributed by atoms with E-state index in [1.807, 2.05) is 12.1 Å². The van der Waals surface area contributed by atoms with Crippen LogP contribution in [-0.4, -0.2) is 9.97 Å². The van der Waals surface area contributed by atoms with E-state index in [9.17, 15) is 4.39 Å². The van der Waals surface area contributed by atoms with Crippen LogP contribution in [0.25, 0.3) is 11.0 Å². The van der Waals surface area contributed by atoms with E-state index in [0.717, 1.165) is 27.5 Å². The van der Waals surface area contributed by atoms with Gasteiger partial charge in [0.05, 0.1) is 11.0 Å². The first-order valence-corrected chi connectivity index (χ1v) is 7.03. The van der Waals surface area contributed by atoms with Gasteiger partial charge in [-0.25, -0.2) is 9.37 Å². The Morgan fingerprint density at radius 3 is 2.68 bits per heavy atom. The number of fused-ring (bicyclic) bond motifs is 1. The third-order valence-electron chi connectivity index (χ3n) is 2.98. The van der Waals surface area contributed by atoms with Gasteiger partial charge in [0.1, 0.15) is 5.82 Å². The minimum atomic E-state index is -0.201. The maximum absolute atomic E-state index is 12.8. The van der Waals surface area contributed by atoms with Crippen LogP contribution < -0.4 is 0 Å². The molecule has 0 aliphatic carbocycles. The van der Waals surface area contributed by atoms with Gasteiger partial charge in [0.2, 0.25) is 0 Å². The van der Waals surface area contributed by atoms with Gasteiger partial charge in [-0.3, -0.25) is 0 Å². The van der Waals surface area contributed by atoms with Crippen LogP contribution in [0.3, 0.4) is 0 Å².